The van der Waals surface area contributed by atoms with Crippen LogP contribution in [-0.2, 0) is 7.05 Å². The van der Waals surface area contributed by atoms with Crippen LogP contribution in [0.4, 0.5) is 0 Å². The molecule has 2 aromatic heterocycles. The van der Waals surface area contributed by atoms with Gasteiger partial charge < -0.3 is 4.57 Å². The van der Waals surface area contributed by atoms with Crippen LogP contribution in [0.1, 0.15) is 5.69 Å². The molecule has 3 heteroatoms. The Morgan fingerprint density at radius 3 is 3.08 bits per heavy atom. The van der Waals surface area contributed by atoms with Gasteiger partial charge >= 0.3 is 0 Å². The van der Waals surface area contributed by atoms with E-state index in [2.05, 4.69) is 15.9 Å². The number of fused-ring (bicyclic) bond motifs is 1. The molecule has 0 aliphatic carbocycles. The van der Waals surface area contributed by atoms with Crippen LogP contribution in [0.25, 0.3) is 11.0 Å². The molecule has 0 amide bonds. The minimum atomic E-state index is 0.653. The molecule has 0 saturated carbocycles. The van der Waals surface area contributed by atoms with Crippen LogP contribution in [0.15, 0.2) is 18.6 Å². The quantitative estimate of drug-likeness (QED) is 0.533. The van der Waals surface area contributed by atoms with Crippen molar-refractivity contribution in [3.63, 3.8) is 0 Å². The summed E-state index contributed by atoms with van der Waals surface area (Å²) in [5.74, 6) is 2.52. The Labute approximate surface area is 70.1 Å². The molecule has 0 bridgehead atoms. The van der Waals surface area contributed by atoms with Crippen molar-refractivity contribution in [2.24, 2.45) is 7.05 Å². The smallest absolute Gasteiger partial charge is 0.144 e. The zero-order valence-electron chi connectivity index (χ0n) is 6.65. The fourth-order valence-electron chi connectivity index (χ4n) is 1.19. The molecule has 0 saturated heterocycles. The maximum atomic E-state index is 5.28. The van der Waals surface area contributed by atoms with Crippen LogP contribution in [0.2, 0.25) is 0 Å². The summed E-state index contributed by atoms with van der Waals surface area (Å²) >= 11 is 0. The fraction of sp³-hybridized carbons (Fsp3) is 0.111. The average molecular weight is 157 g/mol. The highest BCUT2D eigenvalue weighted by Crippen LogP contribution is 2.13. The summed E-state index contributed by atoms with van der Waals surface area (Å²) in [7, 11) is 1.93. The second-order valence-electron chi connectivity index (χ2n) is 2.53. The van der Waals surface area contributed by atoms with E-state index >= 15 is 0 Å². The molecule has 3 nitrogen and oxygen atoms in total. The summed E-state index contributed by atoms with van der Waals surface area (Å²) in [5, 5.41) is 0.933. The van der Waals surface area contributed by atoms with Gasteiger partial charge in [-0.3, -0.25) is 0 Å². The zero-order valence-corrected chi connectivity index (χ0v) is 6.65. The van der Waals surface area contributed by atoms with E-state index in [0.29, 0.717) is 5.69 Å². The Bertz CT molecular complexity index is 462. The Kier molecular flexibility index (Phi) is 1.34. The Morgan fingerprint density at radius 1 is 1.50 bits per heavy atom. The van der Waals surface area contributed by atoms with E-state index in [-0.39, 0.29) is 0 Å². The Morgan fingerprint density at radius 2 is 2.33 bits per heavy atom. The summed E-state index contributed by atoms with van der Waals surface area (Å²) in [5.41, 5.74) is 1.53. The van der Waals surface area contributed by atoms with Crippen LogP contribution in [0.5, 0.6) is 0 Å². The van der Waals surface area contributed by atoms with Crippen molar-refractivity contribution in [1.82, 2.24) is 14.5 Å². The molecule has 2 aromatic rings. The lowest BCUT2D eigenvalue weighted by Crippen LogP contribution is -1.90. The molecule has 0 radical (unpaired) electrons. The van der Waals surface area contributed by atoms with E-state index in [1.807, 2.05) is 23.9 Å². The minimum absolute atomic E-state index is 0.653. The lowest BCUT2D eigenvalue weighted by molar-refractivity contribution is 0.943. The number of aromatic nitrogens is 3. The van der Waals surface area contributed by atoms with Crippen LogP contribution in [-0.4, -0.2) is 14.5 Å². The molecule has 0 aliphatic rings. The molecular weight excluding hydrogens is 150 g/mol. The number of nitrogens with zero attached hydrogens (tertiary/aromatic N) is 3. The highest BCUT2D eigenvalue weighted by molar-refractivity contribution is 5.81. The zero-order chi connectivity index (χ0) is 8.55. The number of hydrogen-bond donors (Lipinski definition) is 0. The lowest BCUT2D eigenvalue weighted by Gasteiger charge is -1.94. The molecule has 58 valence electrons. The third-order valence-electron chi connectivity index (χ3n) is 1.80. The molecule has 0 aromatic carbocycles. The van der Waals surface area contributed by atoms with Crippen molar-refractivity contribution in [3.8, 4) is 12.3 Å². The van der Waals surface area contributed by atoms with Gasteiger partial charge in [0.1, 0.15) is 17.7 Å². The molecule has 0 spiro atoms. The third kappa shape index (κ3) is 0.785. The van der Waals surface area contributed by atoms with Crippen molar-refractivity contribution >= 4 is 11.0 Å². The average Bonchev–Trinajstić information content (AvgIpc) is 2.48. The third-order valence-corrected chi connectivity index (χ3v) is 1.80. The summed E-state index contributed by atoms with van der Waals surface area (Å²) in [6.45, 7) is 0. The first kappa shape index (κ1) is 6.86. The minimum Gasteiger partial charge on any atom is -0.335 e. The van der Waals surface area contributed by atoms with Crippen LogP contribution in [0, 0.1) is 12.3 Å². The molecule has 0 N–H and O–H groups in total. The molecule has 0 atom stereocenters. The van der Waals surface area contributed by atoms with E-state index < -0.39 is 0 Å². The largest absolute Gasteiger partial charge is 0.335 e. The molecule has 2 rings (SSSR count). The topological polar surface area (TPSA) is 30.7 Å². The summed E-state index contributed by atoms with van der Waals surface area (Å²) in [4.78, 5) is 8.08. The number of terminal acetylenes is 1. The van der Waals surface area contributed by atoms with Gasteiger partial charge in [-0.15, -0.1) is 6.42 Å². The van der Waals surface area contributed by atoms with E-state index in [0.717, 1.165) is 11.0 Å². The first-order valence-electron chi connectivity index (χ1n) is 3.55. The summed E-state index contributed by atoms with van der Waals surface area (Å²) in [6, 6.07) is 1.92. The highest BCUT2D eigenvalue weighted by Gasteiger charge is 2.02. The van der Waals surface area contributed by atoms with Gasteiger partial charge in [-0.05, 0) is 12.0 Å². The Balaban J connectivity index is 2.92. The normalized spacial score (nSPS) is 10.0. The molecule has 12 heavy (non-hydrogen) atoms. The number of aryl methyl sites for hydroxylation is 1. The van der Waals surface area contributed by atoms with E-state index in [1.54, 1.807) is 0 Å². The van der Waals surface area contributed by atoms with Crippen LogP contribution >= 0.6 is 0 Å². The lowest BCUT2D eigenvalue weighted by atomic mass is 10.3. The fourth-order valence-corrected chi connectivity index (χ4v) is 1.19. The Hall–Kier alpha value is -1.82. The predicted octanol–water partition coefficient (Wildman–Crippen LogP) is 0.950. The molecule has 2 heterocycles. The van der Waals surface area contributed by atoms with Gasteiger partial charge in [-0.25, -0.2) is 9.97 Å². The van der Waals surface area contributed by atoms with Crippen molar-refractivity contribution in [2.45, 2.75) is 0 Å². The highest BCUT2D eigenvalue weighted by atomic mass is 15.0. The van der Waals surface area contributed by atoms with E-state index in [4.69, 9.17) is 6.42 Å². The van der Waals surface area contributed by atoms with E-state index in [9.17, 15) is 0 Å². The van der Waals surface area contributed by atoms with Crippen LogP contribution in [0.3, 0.4) is 0 Å². The summed E-state index contributed by atoms with van der Waals surface area (Å²) in [6.07, 6.45) is 8.68. The molecule has 0 aliphatic heterocycles. The first-order chi connectivity index (χ1) is 5.83. The van der Waals surface area contributed by atoms with Gasteiger partial charge in [0, 0.05) is 13.2 Å². The number of hydrogen-bond acceptors (Lipinski definition) is 2. The van der Waals surface area contributed by atoms with E-state index in [1.165, 1.54) is 6.33 Å². The van der Waals surface area contributed by atoms with Crippen molar-refractivity contribution in [3.05, 3.63) is 24.3 Å². The second-order valence-corrected chi connectivity index (χ2v) is 2.53. The standard InChI is InChI=1S/C9H7N3/c1-3-8-7-4-5-12(2)9(7)11-6-10-8/h1,4-6H,2H3. The van der Waals surface area contributed by atoms with Gasteiger partial charge in [-0.1, -0.05) is 0 Å². The first-order valence-corrected chi connectivity index (χ1v) is 3.55. The molecule has 0 fully saturated rings. The predicted molar refractivity (Wildman–Crippen MR) is 46.4 cm³/mol. The van der Waals surface area contributed by atoms with Gasteiger partial charge in [0.25, 0.3) is 0 Å². The SMILES string of the molecule is C#Cc1ncnc2c1ccn2C. The maximum absolute atomic E-state index is 5.28. The monoisotopic (exact) mass is 157 g/mol. The van der Waals surface area contributed by atoms with Gasteiger partial charge in [0.2, 0.25) is 0 Å². The number of rotatable bonds is 0. The molecule has 0 unspecified atom stereocenters. The maximum Gasteiger partial charge on any atom is 0.144 e. The van der Waals surface area contributed by atoms with Crippen molar-refractivity contribution < 1.29 is 0 Å². The van der Waals surface area contributed by atoms with Crippen molar-refractivity contribution in [1.29, 1.82) is 0 Å². The molecular formula is C9H7N3. The van der Waals surface area contributed by atoms with Gasteiger partial charge in [0.15, 0.2) is 0 Å². The van der Waals surface area contributed by atoms with Gasteiger partial charge in [-0.2, -0.15) is 0 Å². The summed E-state index contributed by atoms with van der Waals surface area (Å²) < 4.78 is 1.91. The van der Waals surface area contributed by atoms with Gasteiger partial charge in [0.05, 0.1) is 5.39 Å². The second kappa shape index (κ2) is 2.35. The van der Waals surface area contributed by atoms with Crippen LogP contribution < -0.4 is 0 Å². The van der Waals surface area contributed by atoms with Crippen molar-refractivity contribution in [2.75, 3.05) is 0 Å².